The highest BCUT2D eigenvalue weighted by atomic mass is 19.1. The number of amides is 1. The molecule has 1 saturated heterocycles. The summed E-state index contributed by atoms with van der Waals surface area (Å²) in [7, 11) is 0. The normalized spacial score (nSPS) is 17.7. The first-order valence-electron chi connectivity index (χ1n) is 9.38. The molecule has 1 aliphatic heterocycles. The zero-order valence-electron chi connectivity index (χ0n) is 15.3. The summed E-state index contributed by atoms with van der Waals surface area (Å²) in [6.07, 6.45) is 1.82. The highest BCUT2D eigenvalue weighted by Gasteiger charge is 2.24. The number of piperidine rings is 1. The van der Waals surface area contributed by atoms with E-state index in [1.165, 1.54) is 18.2 Å². The van der Waals surface area contributed by atoms with Crippen LogP contribution in [0.2, 0.25) is 0 Å². The van der Waals surface area contributed by atoms with Crippen LogP contribution in [-0.2, 0) is 17.8 Å². The maximum atomic E-state index is 13.9. The van der Waals surface area contributed by atoms with Gasteiger partial charge >= 0.3 is 0 Å². The molecule has 7 heteroatoms. The van der Waals surface area contributed by atoms with Crippen molar-refractivity contribution < 1.29 is 18.1 Å². The topological polar surface area (TPSA) is 58.4 Å². The summed E-state index contributed by atoms with van der Waals surface area (Å²) < 4.78 is 33.0. The van der Waals surface area contributed by atoms with Crippen molar-refractivity contribution in [3.63, 3.8) is 0 Å². The van der Waals surface area contributed by atoms with Gasteiger partial charge in [-0.05, 0) is 43.7 Å². The third kappa shape index (κ3) is 4.04. The molecular formula is C21H21F2N3O2. The number of fused-ring (bicyclic) bond motifs is 1. The molecule has 1 aromatic heterocycles. The van der Waals surface area contributed by atoms with E-state index in [0.717, 1.165) is 24.8 Å². The van der Waals surface area contributed by atoms with Gasteiger partial charge in [-0.2, -0.15) is 0 Å². The van der Waals surface area contributed by atoms with Crippen LogP contribution >= 0.6 is 0 Å². The predicted molar refractivity (Wildman–Crippen MR) is 101 cm³/mol. The summed E-state index contributed by atoms with van der Waals surface area (Å²) in [5.41, 5.74) is 1.33. The quantitative estimate of drug-likeness (QED) is 0.731. The van der Waals surface area contributed by atoms with Gasteiger partial charge in [0.1, 0.15) is 17.3 Å². The van der Waals surface area contributed by atoms with Crippen LogP contribution in [-0.4, -0.2) is 35.1 Å². The van der Waals surface area contributed by atoms with Crippen LogP contribution in [0.5, 0.6) is 0 Å². The fourth-order valence-electron chi connectivity index (χ4n) is 3.72. The highest BCUT2D eigenvalue weighted by Crippen LogP contribution is 2.20. The van der Waals surface area contributed by atoms with Crippen LogP contribution in [0.3, 0.4) is 0 Å². The lowest BCUT2D eigenvalue weighted by molar-refractivity contribution is -0.121. The molecule has 146 valence electrons. The fourth-order valence-corrected chi connectivity index (χ4v) is 3.72. The van der Waals surface area contributed by atoms with Crippen molar-refractivity contribution in [2.75, 3.05) is 13.1 Å². The number of carbonyl (C=O) groups excluding carboxylic acids is 1. The Hall–Kier alpha value is -2.80. The molecule has 0 saturated carbocycles. The summed E-state index contributed by atoms with van der Waals surface area (Å²) in [5, 5.41) is 7.84. The van der Waals surface area contributed by atoms with E-state index in [0.29, 0.717) is 17.8 Å². The lowest BCUT2D eigenvalue weighted by Gasteiger charge is -2.33. The number of hydrogen-bond acceptors (Lipinski definition) is 4. The summed E-state index contributed by atoms with van der Waals surface area (Å²) in [6.45, 7) is 1.49. The molecule has 0 bridgehead atoms. The minimum atomic E-state index is -0.538. The Morgan fingerprint density at radius 3 is 2.79 bits per heavy atom. The van der Waals surface area contributed by atoms with E-state index < -0.39 is 11.6 Å². The lowest BCUT2D eigenvalue weighted by Crippen LogP contribution is -2.47. The fraction of sp³-hybridized carbons (Fsp3) is 0.333. The number of para-hydroxylation sites is 1. The van der Waals surface area contributed by atoms with Gasteiger partial charge in [0.25, 0.3) is 0 Å². The van der Waals surface area contributed by atoms with Crippen LogP contribution < -0.4 is 5.32 Å². The Kier molecular flexibility index (Phi) is 5.34. The Morgan fingerprint density at radius 1 is 1.18 bits per heavy atom. The van der Waals surface area contributed by atoms with Crippen molar-refractivity contribution in [1.82, 2.24) is 15.4 Å². The van der Waals surface area contributed by atoms with Crippen LogP contribution in [0.25, 0.3) is 11.0 Å². The molecule has 0 spiro atoms. The minimum Gasteiger partial charge on any atom is -0.356 e. The van der Waals surface area contributed by atoms with E-state index in [-0.39, 0.29) is 30.5 Å². The number of carbonyl (C=O) groups is 1. The molecule has 2 heterocycles. The number of halogens is 2. The van der Waals surface area contributed by atoms with Gasteiger partial charge in [0.15, 0.2) is 5.58 Å². The van der Waals surface area contributed by atoms with Crippen molar-refractivity contribution in [2.24, 2.45) is 0 Å². The first-order chi connectivity index (χ1) is 13.6. The van der Waals surface area contributed by atoms with E-state index in [1.54, 1.807) is 0 Å². The van der Waals surface area contributed by atoms with Gasteiger partial charge in [0.2, 0.25) is 5.91 Å². The lowest BCUT2D eigenvalue weighted by atomic mass is 10.0. The van der Waals surface area contributed by atoms with Crippen molar-refractivity contribution in [3.8, 4) is 0 Å². The maximum Gasteiger partial charge on any atom is 0.226 e. The molecule has 4 rings (SSSR count). The van der Waals surface area contributed by atoms with E-state index >= 15 is 0 Å². The van der Waals surface area contributed by atoms with E-state index in [4.69, 9.17) is 4.52 Å². The molecule has 1 aliphatic rings. The van der Waals surface area contributed by atoms with E-state index in [2.05, 4.69) is 10.5 Å². The largest absolute Gasteiger partial charge is 0.356 e. The smallest absolute Gasteiger partial charge is 0.226 e. The molecule has 0 aliphatic carbocycles. The van der Waals surface area contributed by atoms with Crippen LogP contribution in [0.1, 0.15) is 24.1 Å². The summed E-state index contributed by atoms with van der Waals surface area (Å²) in [6, 6.07) is 11.3. The number of hydrogen-bond donors (Lipinski definition) is 1. The van der Waals surface area contributed by atoms with Crippen molar-refractivity contribution >= 4 is 16.9 Å². The molecule has 1 fully saturated rings. The zero-order valence-corrected chi connectivity index (χ0v) is 15.3. The predicted octanol–water partition coefficient (Wildman–Crippen LogP) is 3.43. The number of likely N-dealkylation sites (tertiary alicyclic amines) is 1. The first-order valence-corrected chi connectivity index (χ1v) is 9.38. The molecule has 28 heavy (non-hydrogen) atoms. The first kappa shape index (κ1) is 18.6. The second kappa shape index (κ2) is 8.06. The van der Waals surface area contributed by atoms with Crippen LogP contribution in [0, 0.1) is 11.6 Å². The van der Waals surface area contributed by atoms with Gasteiger partial charge in [-0.15, -0.1) is 0 Å². The third-order valence-corrected chi connectivity index (χ3v) is 5.09. The van der Waals surface area contributed by atoms with Crippen molar-refractivity contribution in [2.45, 2.75) is 31.8 Å². The molecule has 0 unspecified atom stereocenters. The second-order valence-corrected chi connectivity index (χ2v) is 7.14. The average Bonchev–Trinajstić information content (AvgIpc) is 3.08. The van der Waals surface area contributed by atoms with Crippen molar-refractivity contribution in [3.05, 3.63) is 65.4 Å². The maximum absolute atomic E-state index is 13.9. The minimum absolute atomic E-state index is 0.0609. The molecule has 1 atom stereocenters. The van der Waals surface area contributed by atoms with Crippen LogP contribution in [0.4, 0.5) is 8.78 Å². The van der Waals surface area contributed by atoms with Gasteiger partial charge in [0, 0.05) is 30.1 Å². The van der Waals surface area contributed by atoms with E-state index in [1.807, 2.05) is 29.2 Å². The standard InChI is InChI=1S/C21H21F2N3O2/c22-17-7-3-8-18(23)16(17)13-26-10-4-5-14(12-26)24-21(27)11-19-15-6-1-2-9-20(15)28-25-19/h1-3,6-9,14H,4-5,10-13H2,(H,24,27)/t14-/m1/s1. The third-order valence-electron chi connectivity index (χ3n) is 5.09. The van der Waals surface area contributed by atoms with Gasteiger partial charge in [-0.3, -0.25) is 9.69 Å². The van der Waals surface area contributed by atoms with Gasteiger partial charge in [0.05, 0.1) is 6.42 Å². The molecular weight excluding hydrogens is 364 g/mol. The number of nitrogens with one attached hydrogen (secondary N) is 1. The summed E-state index contributed by atoms with van der Waals surface area (Å²) in [4.78, 5) is 14.4. The molecule has 5 nitrogen and oxygen atoms in total. The highest BCUT2D eigenvalue weighted by molar-refractivity contribution is 5.86. The SMILES string of the molecule is O=C(Cc1noc2ccccc12)N[C@@H]1CCCN(Cc2c(F)cccc2F)C1. The molecule has 1 amide bonds. The molecule has 0 radical (unpaired) electrons. The number of benzene rings is 2. The van der Waals surface area contributed by atoms with Gasteiger partial charge in [-0.1, -0.05) is 23.4 Å². The monoisotopic (exact) mass is 385 g/mol. The number of nitrogens with zero attached hydrogens (tertiary/aromatic N) is 2. The Bertz CT molecular complexity index is 968. The number of aromatic nitrogens is 1. The van der Waals surface area contributed by atoms with Crippen LogP contribution in [0.15, 0.2) is 47.0 Å². The summed E-state index contributed by atoms with van der Waals surface area (Å²) in [5.74, 6) is -1.21. The van der Waals surface area contributed by atoms with Crippen molar-refractivity contribution in [1.29, 1.82) is 0 Å². The van der Waals surface area contributed by atoms with E-state index in [9.17, 15) is 13.6 Å². The second-order valence-electron chi connectivity index (χ2n) is 7.14. The Morgan fingerprint density at radius 2 is 1.96 bits per heavy atom. The molecule has 1 N–H and O–H groups in total. The average molecular weight is 385 g/mol. The molecule has 3 aromatic rings. The van der Waals surface area contributed by atoms with Gasteiger partial charge < -0.3 is 9.84 Å². The Balaban J connectivity index is 1.36. The van der Waals surface area contributed by atoms with Gasteiger partial charge in [-0.25, -0.2) is 8.78 Å². The molecule has 2 aromatic carbocycles. The zero-order chi connectivity index (χ0) is 19.5. The Labute approximate surface area is 161 Å². The summed E-state index contributed by atoms with van der Waals surface area (Å²) >= 11 is 0. The number of rotatable bonds is 5.